The lowest BCUT2D eigenvalue weighted by atomic mass is 9.96. The first-order valence-corrected chi connectivity index (χ1v) is 13.5. The predicted octanol–water partition coefficient (Wildman–Crippen LogP) is 5.48. The van der Waals surface area contributed by atoms with E-state index in [-0.39, 0.29) is 6.04 Å². The number of imidazole rings is 1. The van der Waals surface area contributed by atoms with Crippen LogP contribution in [-0.2, 0) is 12.8 Å². The fraction of sp³-hybridized carbons (Fsp3) is 0.188. The molecule has 40 heavy (non-hydrogen) atoms. The number of aromatic nitrogens is 8. The Morgan fingerprint density at radius 3 is 2.70 bits per heavy atom. The van der Waals surface area contributed by atoms with Gasteiger partial charge in [0.05, 0.1) is 6.04 Å². The van der Waals surface area contributed by atoms with E-state index in [0.29, 0.717) is 5.82 Å². The fourth-order valence-corrected chi connectivity index (χ4v) is 5.71. The Bertz CT molecular complexity index is 1910. The van der Waals surface area contributed by atoms with Crippen LogP contribution < -0.4 is 0 Å². The van der Waals surface area contributed by atoms with Gasteiger partial charge in [-0.3, -0.25) is 4.98 Å². The van der Waals surface area contributed by atoms with Gasteiger partial charge in [0.25, 0.3) is 0 Å². The van der Waals surface area contributed by atoms with Gasteiger partial charge >= 0.3 is 0 Å². The van der Waals surface area contributed by atoms with E-state index in [0.717, 1.165) is 69.8 Å². The minimum absolute atomic E-state index is 0.171. The van der Waals surface area contributed by atoms with Crippen molar-refractivity contribution in [1.82, 2.24) is 40.1 Å². The molecular weight excluding hydrogens is 496 g/mol. The van der Waals surface area contributed by atoms with Gasteiger partial charge in [-0.1, -0.05) is 55.3 Å². The number of benzene rings is 2. The van der Waals surface area contributed by atoms with E-state index in [9.17, 15) is 0 Å². The first-order chi connectivity index (χ1) is 19.7. The van der Waals surface area contributed by atoms with Crippen molar-refractivity contribution < 1.29 is 0 Å². The second-order valence-electron chi connectivity index (χ2n) is 9.99. The van der Waals surface area contributed by atoms with E-state index in [1.165, 1.54) is 11.1 Å². The topological polar surface area (TPSA) is 98.1 Å². The Kier molecular flexibility index (Phi) is 5.90. The number of aryl methyl sites for hydroxylation is 3. The maximum absolute atomic E-state index is 5.03. The van der Waals surface area contributed by atoms with Crippen molar-refractivity contribution in [2.24, 2.45) is 0 Å². The second kappa shape index (κ2) is 9.86. The molecule has 6 aromatic rings. The van der Waals surface area contributed by atoms with Crippen LogP contribution in [0.2, 0.25) is 0 Å². The molecule has 4 aromatic heterocycles. The van der Waals surface area contributed by atoms with Gasteiger partial charge in [-0.15, -0.1) is 10.2 Å². The lowest BCUT2D eigenvalue weighted by Crippen LogP contribution is -2.12. The highest BCUT2D eigenvalue weighted by Crippen LogP contribution is 2.40. The van der Waals surface area contributed by atoms with Crippen LogP contribution in [0.3, 0.4) is 0 Å². The lowest BCUT2D eigenvalue weighted by Gasteiger charge is -2.18. The maximum Gasteiger partial charge on any atom is 0.205 e. The molecule has 2 aromatic carbocycles. The summed E-state index contributed by atoms with van der Waals surface area (Å²) in [4.78, 5) is 14.2. The normalized spacial score (nSPS) is 14.2. The summed E-state index contributed by atoms with van der Waals surface area (Å²) in [5.41, 5.74) is 10.4. The highest BCUT2D eigenvalue weighted by atomic mass is 15.5. The van der Waals surface area contributed by atoms with Crippen LogP contribution in [0.5, 0.6) is 0 Å². The third-order valence-electron chi connectivity index (χ3n) is 7.55. The summed E-state index contributed by atoms with van der Waals surface area (Å²) in [6.45, 7) is 4.25. The number of nitrogens with one attached hydrogen (secondary N) is 1. The minimum atomic E-state index is 0.171. The van der Waals surface area contributed by atoms with Crippen LogP contribution in [0.4, 0.5) is 0 Å². The van der Waals surface area contributed by atoms with Crippen molar-refractivity contribution in [3.05, 3.63) is 107 Å². The summed E-state index contributed by atoms with van der Waals surface area (Å²) in [5.74, 6) is 8.08. The zero-order valence-corrected chi connectivity index (χ0v) is 22.3. The van der Waals surface area contributed by atoms with Crippen molar-refractivity contribution >= 4 is 11.2 Å². The number of hydrogen-bond acceptors (Lipinski definition) is 6. The van der Waals surface area contributed by atoms with Crippen LogP contribution in [0.1, 0.15) is 53.2 Å². The van der Waals surface area contributed by atoms with Gasteiger partial charge in [0.15, 0.2) is 5.65 Å². The number of hydrogen-bond donors (Lipinski definition) is 1. The van der Waals surface area contributed by atoms with Crippen molar-refractivity contribution in [3.63, 3.8) is 0 Å². The molecule has 0 saturated heterocycles. The molecule has 0 saturated carbocycles. The molecule has 1 atom stereocenters. The molecule has 4 heterocycles. The molecule has 0 fully saturated rings. The van der Waals surface area contributed by atoms with Crippen molar-refractivity contribution in [1.29, 1.82) is 0 Å². The zero-order chi connectivity index (χ0) is 27.1. The standard InChI is InChI=1S/C32H26N8/c1-3-29-35-30-20(2)17-24(13-10-21-7-6-16-33-19-21)34-32(30)40(29)28-15-12-23-18-22(11-14-26(23)28)25-8-4-5-9-27(25)31-36-38-39-37-31/h4-9,11,14,16-19,28H,3,12,15H2,1-2H3,(H,36,37,38,39)/t28-/m0/s1. The molecule has 194 valence electrons. The molecule has 0 spiro atoms. The summed E-state index contributed by atoms with van der Waals surface area (Å²) in [5, 5.41) is 14.7. The third-order valence-corrected chi connectivity index (χ3v) is 7.55. The number of tetrazole rings is 1. The van der Waals surface area contributed by atoms with Gasteiger partial charge < -0.3 is 4.57 Å². The predicted molar refractivity (Wildman–Crippen MR) is 153 cm³/mol. The first-order valence-electron chi connectivity index (χ1n) is 13.5. The SMILES string of the molecule is CCc1nc2c(C)cc(C#Cc3cccnc3)nc2n1[C@H]1CCc2cc(-c3ccccc3-c3nn[nH]n3)ccc21. The van der Waals surface area contributed by atoms with E-state index in [4.69, 9.17) is 9.97 Å². The monoisotopic (exact) mass is 522 g/mol. The molecule has 0 radical (unpaired) electrons. The smallest absolute Gasteiger partial charge is 0.205 e. The summed E-state index contributed by atoms with van der Waals surface area (Å²) in [6, 6.07) is 21.0. The molecule has 0 bridgehead atoms. The van der Waals surface area contributed by atoms with Crippen LogP contribution in [0.15, 0.2) is 73.1 Å². The van der Waals surface area contributed by atoms with Crippen molar-refractivity contribution in [3.8, 4) is 34.4 Å². The number of nitrogens with zero attached hydrogens (tertiary/aromatic N) is 7. The summed E-state index contributed by atoms with van der Waals surface area (Å²) in [6.07, 6.45) is 6.33. The largest absolute Gasteiger partial charge is 0.305 e. The molecule has 0 aliphatic heterocycles. The molecule has 8 nitrogen and oxygen atoms in total. The number of fused-ring (bicyclic) bond motifs is 2. The van der Waals surface area contributed by atoms with Crippen molar-refractivity contribution in [2.45, 2.75) is 39.2 Å². The average Bonchev–Trinajstić information content (AvgIpc) is 3.75. The van der Waals surface area contributed by atoms with Crippen LogP contribution in [-0.4, -0.2) is 40.1 Å². The number of pyridine rings is 2. The molecule has 1 aliphatic carbocycles. The van der Waals surface area contributed by atoms with E-state index in [1.54, 1.807) is 12.4 Å². The second-order valence-corrected chi connectivity index (χ2v) is 9.99. The maximum atomic E-state index is 5.03. The fourth-order valence-electron chi connectivity index (χ4n) is 5.71. The number of H-pyrrole nitrogens is 1. The average molecular weight is 523 g/mol. The van der Waals surface area contributed by atoms with Crippen molar-refractivity contribution in [2.75, 3.05) is 0 Å². The van der Waals surface area contributed by atoms with Gasteiger partial charge in [0.1, 0.15) is 17.0 Å². The van der Waals surface area contributed by atoms with Gasteiger partial charge in [-0.05, 0) is 76.9 Å². The summed E-state index contributed by atoms with van der Waals surface area (Å²) < 4.78 is 2.34. The van der Waals surface area contributed by atoms with Gasteiger partial charge in [0.2, 0.25) is 5.82 Å². The molecule has 0 unspecified atom stereocenters. The molecule has 8 heteroatoms. The van der Waals surface area contributed by atoms with E-state index < -0.39 is 0 Å². The summed E-state index contributed by atoms with van der Waals surface area (Å²) in [7, 11) is 0. The summed E-state index contributed by atoms with van der Waals surface area (Å²) >= 11 is 0. The molecule has 0 amide bonds. The van der Waals surface area contributed by atoms with Gasteiger partial charge in [0, 0.05) is 29.9 Å². The Morgan fingerprint density at radius 2 is 1.90 bits per heavy atom. The Morgan fingerprint density at radius 1 is 1.00 bits per heavy atom. The van der Waals surface area contributed by atoms with Crippen LogP contribution in [0.25, 0.3) is 33.7 Å². The number of aromatic amines is 1. The van der Waals surface area contributed by atoms with Gasteiger partial charge in [-0.25, -0.2) is 9.97 Å². The molecular formula is C32H26N8. The van der Waals surface area contributed by atoms with Crippen LogP contribution >= 0.6 is 0 Å². The van der Waals surface area contributed by atoms with E-state index in [1.807, 2.05) is 36.4 Å². The van der Waals surface area contributed by atoms with Crippen LogP contribution in [0, 0.1) is 18.8 Å². The zero-order valence-electron chi connectivity index (χ0n) is 22.3. The molecule has 1 aliphatic rings. The molecule has 1 N–H and O–H groups in total. The Hall–Kier alpha value is -5.16. The highest BCUT2D eigenvalue weighted by molar-refractivity contribution is 5.81. The third kappa shape index (κ3) is 4.12. The Labute approximate surface area is 231 Å². The lowest BCUT2D eigenvalue weighted by molar-refractivity contribution is 0.566. The van der Waals surface area contributed by atoms with E-state index in [2.05, 4.69) is 80.1 Å². The first kappa shape index (κ1) is 23.9. The quantitative estimate of drug-likeness (QED) is 0.308. The minimum Gasteiger partial charge on any atom is -0.305 e. The number of rotatable bonds is 4. The van der Waals surface area contributed by atoms with E-state index >= 15 is 0 Å². The molecule has 7 rings (SSSR count). The highest BCUT2D eigenvalue weighted by Gasteiger charge is 2.29. The Balaban J connectivity index is 1.30. The van der Waals surface area contributed by atoms with Gasteiger partial charge in [-0.2, -0.15) is 5.21 Å².